The van der Waals surface area contributed by atoms with Gasteiger partial charge in [-0.1, -0.05) is 41.4 Å². The number of rotatable bonds is 6. The van der Waals surface area contributed by atoms with Gasteiger partial charge >= 0.3 is 0 Å². The third-order valence-corrected chi connectivity index (χ3v) is 4.23. The zero-order valence-corrected chi connectivity index (χ0v) is 12.6. The molecule has 0 bridgehead atoms. The second-order valence-electron chi connectivity index (χ2n) is 4.34. The summed E-state index contributed by atoms with van der Waals surface area (Å²) in [6.07, 6.45) is 1.89. The van der Waals surface area contributed by atoms with Crippen LogP contribution in [0.2, 0.25) is 5.02 Å². The molecule has 0 spiro atoms. The Kier molecular flexibility index (Phi) is 5.77. The molecule has 1 rings (SSSR count). The van der Waals surface area contributed by atoms with E-state index >= 15 is 0 Å². The predicted octanol–water partition coefficient (Wildman–Crippen LogP) is 4.31. The van der Waals surface area contributed by atoms with Gasteiger partial charge in [-0.25, -0.2) is 0 Å². The molecule has 0 aromatic heterocycles. The van der Waals surface area contributed by atoms with Gasteiger partial charge in [-0.3, -0.25) is 0 Å². The Morgan fingerprint density at radius 3 is 2.47 bits per heavy atom. The van der Waals surface area contributed by atoms with Crippen LogP contribution in [0.25, 0.3) is 0 Å². The number of hydrogen-bond acceptors (Lipinski definition) is 2. The van der Waals surface area contributed by atoms with Gasteiger partial charge in [0.15, 0.2) is 0 Å². The van der Waals surface area contributed by atoms with Crippen LogP contribution in [0.15, 0.2) is 22.7 Å². The summed E-state index contributed by atoms with van der Waals surface area (Å²) in [5.41, 5.74) is 0.853. The summed E-state index contributed by atoms with van der Waals surface area (Å²) >= 11 is 9.51. The average Bonchev–Trinajstić information content (AvgIpc) is 2.33. The quantitative estimate of drug-likeness (QED) is 0.818. The number of halogens is 2. The van der Waals surface area contributed by atoms with Crippen molar-refractivity contribution in [2.75, 3.05) is 18.5 Å². The molecule has 17 heavy (non-hydrogen) atoms. The van der Waals surface area contributed by atoms with Crippen LogP contribution in [-0.2, 0) is 0 Å². The molecule has 0 aliphatic carbocycles. The van der Waals surface area contributed by atoms with Gasteiger partial charge in [-0.15, -0.1) is 0 Å². The zero-order valence-electron chi connectivity index (χ0n) is 10.3. The van der Waals surface area contributed by atoms with Gasteiger partial charge in [-0.2, -0.15) is 0 Å². The molecule has 2 N–H and O–H groups in total. The Balaban J connectivity index is 2.72. The minimum atomic E-state index is -0.0591. The summed E-state index contributed by atoms with van der Waals surface area (Å²) in [6.45, 7) is 5.13. The number of aliphatic hydroxyl groups is 1. The first kappa shape index (κ1) is 14.8. The minimum absolute atomic E-state index is 0.0591. The van der Waals surface area contributed by atoms with Crippen molar-refractivity contribution in [1.82, 2.24) is 0 Å². The molecule has 2 nitrogen and oxygen atoms in total. The second-order valence-corrected chi connectivity index (χ2v) is 5.67. The van der Waals surface area contributed by atoms with Crippen LogP contribution in [0, 0.1) is 5.41 Å². The molecule has 0 unspecified atom stereocenters. The van der Waals surface area contributed by atoms with Gasteiger partial charge in [0.05, 0.1) is 17.3 Å². The summed E-state index contributed by atoms with van der Waals surface area (Å²) in [5, 5.41) is 13.5. The predicted molar refractivity (Wildman–Crippen MR) is 77.7 cm³/mol. The summed E-state index contributed by atoms with van der Waals surface area (Å²) in [7, 11) is 0. The van der Waals surface area contributed by atoms with Crippen molar-refractivity contribution in [2.24, 2.45) is 5.41 Å². The molecule has 0 aliphatic heterocycles. The van der Waals surface area contributed by atoms with E-state index in [0.29, 0.717) is 5.02 Å². The first-order valence-corrected chi connectivity index (χ1v) is 7.04. The largest absolute Gasteiger partial charge is 0.396 e. The highest BCUT2D eigenvalue weighted by Gasteiger charge is 2.25. The fourth-order valence-corrected chi connectivity index (χ4v) is 2.44. The molecule has 0 amide bonds. The summed E-state index contributed by atoms with van der Waals surface area (Å²) < 4.78 is 0.965. The highest BCUT2D eigenvalue weighted by atomic mass is 79.9. The van der Waals surface area contributed by atoms with E-state index in [1.165, 1.54) is 0 Å². The van der Waals surface area contributed by atoms with Crippen LogP contribution in [0.1, 0.15) is 26.7 Å². The molecule has 1 aromatic carbocycles. The number of benzene rings is 1. The maximum atomic E-state index is 9.49. The van der Waals surface area contributed by atoms with Crippen LogP contribution >= 0.6 is 27.5 Å². The molecule has 0 saturated heterocycles. The fraction of sp³-hybridized carbons (Fsp3) is 0.538. The minimum Gasteiger partial charge on any atom is -0.396 e. The molecule has 1 aromatic rings. The van der Waals surface area contributed by atoms with Crippen molar-refractivity contribution in [1.29, 1.82) is 0 Å². The molecule has 0 saturated carbocycles. The first-order chi connectivity index (χ1) is 8.06. The standard InChI is InChI=1S/C13H19BrClNO/c1-3-13(4-2,9-17)8-16-12-6-5-10(14)7-11(12)15/h5-7,16-17H,3-4,8-9H2,1-2H3. The summed E-state index contributed by atoms with van der Waals surface area (Å²) in [6, 6.07) is 5.76. The van der Waals surface area contributed by atoms with E-state index in [4.69, 9.17) is 11.6 Å². The number of hydrogen-bond donors (Lipinski definition) is 2. The van der Waals surface area contributed by atoms with Crippen molar-refractivity contribution >= 4 is 33.2 Å². The topological polar surface area (TPSA) is 32.3 Å². The van der Waals surface area contributed by atoms with Crippen molar-refractivity contribution in [2.45, 2.75) is 26.7 Å². The van der Waals surface area contributed by atoms with Crippen molar-refractivity contribution in [3.05, 3.63) is 27.7 Å². The molecule has 0 fully saturated rings. The van der Waals surface area contributed by atoms with Gasteiger partial charge in [0.2, 0.25) is 0 Å². The van der Waals surface area contributed by atoms with E-state index in [2.05, 4.69) is 35.1 Å². The third-order valence-electron chi connectivity index (χ3n) is 3.42. The highest BCUT2D eigenvalue weighted by molar-refractivity contribution is 9.10. The monoisotopic (exact) mass is 319 g/mol. The Hall–Kier alpha value is -0.250. The molecule has 96 valence electrons. The van der Waals surface area contributed by atoms with Gasteiger partial charge in [-0.05, 0) is 31.0 Å². The Labute approximate surface area is 117 Å². The van der Waals surface area contributed by atoms with E-state index in [1.54, 1.807) is 0 Å². The molecule has 0 atom stereocenters. The lowest BCUT2D eigenvalue weighted by atomic mass is 9.83. The fourth-order valence-electron chi connectivity index (χ4n) is 1.70. The van der Waals surface area contributed by atoms with Gasteiger partial charge in [0.1, 0.15) is 0 Å². The van der Waals surface area contributed by atoms with E-state index in [9.17, 15) is 5.11 Å². The Morgan fingerprint density at radius 2 is 2.00 bits per heavy atom. The van der Waals surface area contributed by atoms with Gasteiger partial charge in [0, 0.05) is 16.4 Å². The summed E-state index contributed by atoms with van der Waals surface area (Å²) in [5.74, 6) is 0. The molecule has 4 heteroatoms. The van der Waals surface area contributed by atoms with E-state index in [1.807, 2.05) is 18.2 Å². The van der Waals surface area contributed by atoms with Gasteiger partial charge < -0.3 is 10.4 Å². The molecular formula is C13H19BrClNO. The first-order valence-electron chi connectivity index (χ1n) is 5.86. The van der Waals surface area contributed by atoms with Gasteiger partial charge in [0.25, 0.3) is 0 Å². The Morgan fingerprint density at radius 1 is 1.35 bits per heavy atom. The van der Waals surface area contributed by atoms with Crippen LogP contribution in [-0.4, -0.2) is 18.3 Å². The SMILES string of the molecule is CCC(CC)(CO)CNc1ccc(Br)cc1Cl. The Bertz CT molecular complexity index is 358. The second kappa shape index (κ2) is 6.62. The third kappa shape index (κ3) is 3.87. The lowest BCUT2D eigenvalue weighted by Gasteiger charge is -2.30. The molecule has 0 aliphatic rings. The number of nitrogens with one attached hydrogen (secondary N) is 1. The van der Waals surface area contributed by atoms with E-state index < -0.39 is 0 Å². The van der Waals surface area contributed by atoms with Crippen LogP contribution in [0.5, 0.6) is 0 Å². The lowest BCUT2D eigenvalue weighted by Crippen LogP contribution is -2.32. The van der Waals surface area contributed by atoms with Crippen LogP contribution in [0.3, 0.4) is 0 Å². The molecule has 0 heterocycles. The highest BCUT2D eigenvalue weighted by Crippen LogP contribution is 2.29. The van der Waals surface area contributed by atoms with Crippen molar-refractivity contribution < 1.29 is 5.11 Å². The smallest absolute Gasteiger partial charge is 0.0648 e. The maximum absolute atomic E-state index is 9.49. The van der Waals surface area contributed by atoms with Crippen LogP contribution in [0.4, 0.5) is 5.69 Å². The van der Waals surface area contributed by atoms with Crippen molar-refractivity contribution in [3.63, 3.8) is 0 Å². The van der Waals surface area contributed by atoms with Crippen molar-refractivity contribution in [3.8, 4) is 0 Å². The van der Waals surface area contributed by atoms with E-state index in [0.717, 1.165) is 29.5 Å². The summed E-state index contributed by atoms with van der Waals surface area (Å²) in [4.78, 5) is 0. The average molecular weight is 321 g/mol. The lowest BCUT2D eigenvalue weighted by molar-refractivity contribution is 0.127. The van der Waals surface area contributed by atoms with Crippen LogP contribution < -0.4 is 5.32 Å². The van der Waals surface area contributed by atoms with E-state index in [-0.39, 0.29) is 12.0 Å². The number of anilines is 1. The number of aliphatic hydroxyl groups excluding tert-OH is 1. The zero-order chi connectivity index (χ0) is 12.9. The molecule has 0 radical (unpaired) electrons. The maximum Gasteiger partial charge on any atom is 0.0648 e. The molecular weight excluding hydrogens is 302 g/mol. The normalized spacial score (nSPS) is 11.6.